The minimum absolute atomic E-state index is 0.00498. The van der Waals surface area contributed by atoms with E-state index in [1.165, 1.54) is 43.4 Å². The van der Waals surface area contributed by atoms with Crippen molar-refractivity contribution >= 4 is 23.2 Å². The van der Waals surface area contributed by atoms with Crippen molar-refractivity contribution in [3.8, 4) is 5.75 Å². The van der Waals surface area contributed by atoms with Gasteiger partial charge in [0.1, 0.15) is 10.8 Å². The summed E-state index contributed by atoms with van der Waals surface area (Å²) in [4.78, 5) is 33.6. The van der Waals surface area contributed by atoms with Crippen LogP contribution in [-0.4, -0.2) is 59.4 Å². The van der Waals surface area contributed by atoms with E-state index in [0.29, 0.717) is 44.8 Å². The number of nitrogens with zero attached hydrogens (tertiary/aromatic N) is 3. The lowest BCUT2D eigenvalue weighted by Gasteiger charge is -2.34. The van der Waals surface area contributed by atoms with Crippen LogP contribution in [0.5, 0.6) is 5.75 Å². The van der Waals surface area contributed by atoms with E-state index >= 15 is 0 Å². The van der Waals surface area contributed by atoms with Gasteiger partial charge in [0.05, 0.1) is 13.0 Å². The number of carbonyl (C=O) groups excluding carboxylic acids is 2. The van der Waals surface area contributed by atoms with Gasteiger partial charge in [0, 0.05) is 42.8 Å². The molecule has 2 aromatic rings. The third-order valence-electron chi connectivity index (χ3n) is 6.49. The highest BCUT2D eigenvalue weighted by atomic mass is 32.1. The molecule has 2 fully saturated rings. The maximum atomic E-state index is 13.0. The number of aryl methyl sites for hydroxylation is 1. The van der Waals surface area contributed by atoms with E-state index in [-0.39, 0.29) is 11.8 Å². The molecule has 1 saturated carbocycles. The first-order chi connectivity index (χ1) is 15.6. The van der Waals surface area contributed by atoms with Crippen molar-refractivity contribution in [2.24, 2.45) is 5.92 Å². The summed E-state index contributed by atoms with van der Waals surface area (Å²) in [5, 5.41) is 2.82. The van der Waals surface area contributed by atoms with Crippen molar-refractivity contribution < 1.29 is 14.3 Å². The van der Waals surface area contributed by atoms with Gasteiger partial charge in [-0.25, -0.2) is 4.98 Å². The van der Waals surface area contributed by atoms with Crippen LogP contribution in [0, 0.1) is 12.8 Å². The number of benzene rings is 1. The van der Waals surface area contributed by atoms with Gasteiger partial charge in [-0.15, -0.1) is 11.3 Å². The Kier molecular flexibility index (Phi) is 7.79. The highest BCUT2D eigenvalue weighted by Crippen LogP contribution is 2.26. The van der Waals surface area contributed by atoms with Crippen molar-refractivity contribution in [3.63, 3.8) is 0 Å². The molecule has 1 aromatic heterocycles. The summed E-state index contributed by atoms with van der Waals surface area (Å²) in [6.07, 6.45) is 8.13. The number of hydrogen-bond donors (Lipinski definition) is 0. The monoisotopic (exact) mass is 455 g/mol. The van der Waals surface area contributed by atoms with Crippen molar-refractivity contribution in [3.05, 3.63) is 45.9 Å². The van der Waals surface area contributed by atoms with Gasteiger partial charge in [-0.2, -0.15) is 0 Å². The lowest BCUT2D eigenvalue weighted by Crippen LogP contribution is -2.51. The third-order valence-corrected chi connectivity index (χ3v) is 7.46. The number of hydrogen-bond acceptors (Lipinski definition) is 5. The summed E-state index contributed by atoms with van der Waals surface area (Å²) in [6.45, 7) is 4.87. The summed E-state index contributed by atoms with van der Waals surface area (Å²) >= 11 is 1.52. The number of thiazole rings is 1. The van der Waals surface area contributed by atoms with Gasteiger partial charge in [0.25, 0.3) is 5.91 Å². The molecule has 7 heteroatoms. The van der Waals surface area contributed by atoms with Gasteiger partial charge in [-0.1, -0.05) is 38.2 Å². The molecule has 1 aliphatic heterocycles. The Morgan fingerprint density at radius 3 is 2.56 bits per heavy atom. The van der Waals surface area contributed by atoms with Crippen molar-refractivity contribution in [2.45, 2.75) is 51.9 Å². The fourth-order valence-electron chi connectivity index (χ4n) is 4.60. The van der Waals surface area contributed by atoms with Crippen molar-refractivity contribution in [2.75, 3.05) is 32.8 Å². The summed E-state index contributed by atoms with van der Waals surface area (Å²) < 4.78 is 5.97. The molecule has 0 atom stereocenters. The molecule has 0 radical (unpaired) electrons. The molecule has 172 valence electrons. The van der Waals surface area contributed by atoms with Crippen LogP contribution < -0.4 is 4.74 Å². The first-order valence-corrected chi connectivity index (χ1v) is 12.7. The van der Waals surface area contributed by atoms with Gasteiger partial charge >= 0.3 is 0 Å². The van der Waals surface area contributed by atoms with Crippen LogP contribution in [0.4, 0.5) is 0 Å². The Bertz CT molecular complexity index is 915. The first kappa shape index (κ1) is 22.8. The molecule has 0 unspecified atom stereocenters. The normalized spacial score (nSPS) is 17.4. The topological polar surface area (TPSA) is 62.7 Å². The molecule has 1 aliphatic carbocycles. The van der Waals surface area contributed by atoms with E-state index in [1.54, 1.807) is 0 Å². The zero-order valence-corrected chi connectivity index (χ0v) is 19.7. The standard InChI is InChI=1S/C25H33N3O3S/c1-19-18-32-23(26-19)17-24(29)27-11-13-28(14-12-27)25(30)21-8-5-9-22(16-21)31-15-10-20-6-3-2-4-7-20/h5,8-9,16,18,20H,2-4,6-7,10-15,17H2,1H3. The van der Waals surface area contributed by atoms with E-state index in [9.17, 15) is 9.59 Å². The second-order valence-corrected chi connectivity index (χ2v) is 9.84. The van der Waals surface area contributed by atoms with E-state index in [2.05, 4.69) is 4.98 Å². The van der Waals surface area contributed by atoms with Gasteiger partial charge in [-0.3, -0.25) is 9.59 Å². The second kappa shape index (κ2) is 10.9. The molecule has 2 heterocycles. The SMILES string of the molecule is Cc1csc(CC(=O)N2CCN(C(=O)c3cccc(OCCC4CCCCC4)c3)CC2)n1. The molecule has 32 heavy (non-hydrogen) atoms. The molecule has 2 aliphatic rings. The van der Waals surface area contributed by atoms with Crippen LogP contribution in [0.1, 0.15) is 59.6 Å². The molecular formula is C25H33N3O3S. The average Bonchev–Trinajstić information content (AvgIpc) is 3.24. The Morgan fingerprint density at radius 2 is 1.84 bits per heavy atom. The van der Waals surface area contributed by atoms with Crippen LogP contribution >= 0.6 is 11.3 Å². The molecule has 1 aromatic carbocycles. The van der Waals surface area contributed by atoms with E-state index < -0.39 is 0 Å². The maximum absolute atomic E-state index is 13.0. The zero-order chi connectivity index (χ0) is 22.3. The Balaban J connectivity index is 1.24. The second-order valence-electron chi connectivity index (χ2n) is 8.90. The minimum atomic E-state index is 0.00498. The number of amides is 2. The van der Waals surface area contributed by atoms with Gasteiger partial charge in [0.15, 0.2) is 0 Å². The molecule has 0 N–H and O–H groups in total. The smallest absolute Gasteiger partial charge is 0.254 e. The number of piperazine rings is 1. The van der Waals surface area contributed by atoms with Crippen LogP contribution in [-0.2, 0) is 11.2 Å². The fraction of sp³-hybridized carbons (Fsp3) is 0.560. The van der Waals surface area contributed by atoms with Crippen molar-refractivity contribution in [1.29, 1.82) is 0 Å². The maximum Gasteiger partial charge on any atom is 0.254 e. The van der Waals surface area contributed by atoms with E-state index in [4.69, 9.17) is 4.74 Å². The molecule has 1 saturated heterocycles. The van der Waals surface area contributed by atoms with Crippen LogP contribution in [0.2, 0.25) is 0 Å². The average molecular weight is 456 g/mol. The number of ether oxygens (including phenoxy) is 1. The Hall–Kier alpha value is -2.41. The fourth-order valence-corrected chi connectivity index (χ4v) is 5.37. The predicted molar refractivity (Wildman–Crippen MR) is 126 cm³/mol. The highest BCUT2D eigenvalue weighted by molar-refractivity contribution is 7.09. The lowest BCUT2D eigenvalue weighted by molar-refractivity contribution is -0.131. The summed E-state index contributed by atoms with van der Waals surface area (Å²) in [5.74, 6) is 1.64. The number of aromatic nitrogens is 1. The molecule has 0 spiro atoms. The third kappa shape index (κ3) is 6.09. The molecule has 6 nitrogen and oxygen atoms in total. The highest BCUT2D eigenvalue weighted by Gasteiger charge is 2.25. The zero-order valence-electron chi connectivity index (χ0n) is 18.9. The van der Waals surface area contributed by atoms with E-state index in [1.807, 2.05) is 46.4 Å². The quantitative estimate of drug-likeness (QED) is 0.624. The van der Waals surface area contributed by atoms with E-state index in [0.717, 1.165) is 28.8 Å². The van der Waals surface area contributed by atoms with Crippen LogP contribution in [0.25, 0.3) is 0 Å². The van der Waals surface area contributed by atoms with Gasteiger partial charge in [0.2, 0.25) is 5.91 Å². The minimum Gasteiger partial charge on any atom is -0.494 e. The van der Waals surface area contributed by atoms with Gasteiger partial charge < -0.3 is 14.5 Å². The van der Waals surface area contributed by atoms with Crippen LogP contribution in [0.3, 0.4) is 0 Å². The van der Waals surface area contributed by atoms with Crippen LogP contribution in [0.15, 0.2) is 29.6 Å². The molecule has 0 bridgehead atoms. The number of rotatable bonds is 7. The van der Waals surface area contributed by atoms with Gasteiger partial charge in [-0.05, 0) is 37.5 Å². The molecular weight excluding hydrogens is 422 g/mol. The molecule has 2 amide bonds. The van der Waals surface area contributed by atoms with Crippen molar-refractivity contribution in [1.82, 2.24) is 14.8 Å². The summed E-state index contributed by atoms with van der Waals surface area (Å²) in [5.41, 5.74) is 1.60. The lowest BCUT2D eigenvalue weighted by atomic mass is 9.87. The first-order valence-electron chi connectivity index (χ1n) is 11.8. The summed E-state index contributed by atoms with van der Waals surface area (Å²) in [6, 6.07) is 7.51. The number of carbonyl (C=O) groups is 2. The Morgan fingerprint density at radius 1 is 1.09 bits per heavy atom. The Labute approximate surface area is 194 Å². The molecule has 4 rings (SSSR count). The largest absolute Gasteiger partial charge is 0.494 e. The predicted octanol–water partition coefficient (Wildman–Crippen LogP) is 4.33. The summed E-state index contributed by atoms with van der Waals surface area (Å²) in [7, 11) is 0.